The van der Waals surface area contributed by atoms with Gasteiger partial charge in [-0.25, -0.2) is 9.97 Å². The van der Waals surface area contributed by atoms with E-state index in [2.05, 4.69) is 27.5 Å². The van der Waals surface area contributed by atoms with Gasteiger partial charge in [-0.3, -0.25) is 0 Å². The molecule has 0 spiro atoms. The predicted molar refractivity (Wildman–Crippen MR) is 83.6 cm³/mol. The van der Waals surface area contributed by atoms with Crippen molar-refractivity contribution in [3.63, 3.8) is 0 Å². The van der Waals surface area contributed by atoms with Gasteiger partial charge in [0.25, 0.3) is 0 Å². The number of hydrogen-bond donors (Lipinski definition) is 2. The molecule has 6 nitrogen and oxygen atoms in total. The van der Waals surface area contributed by atoms with Crippen molar-refractivity contribution in [1.29, 1.82) is 0 Å². The molecule has 2 atom stereocenters. The van der Waals surface area contributed by atoms with E-state index >= 15 is 0 Å². The van der Waals surface area contributed by atoms with Crippen molar-refractivity contribution in [2.45, 2.75) is 51.9 Å². The third-order valence-electron chi connectivity index (χ3n) is 3.65. The van der Waals surface area contributed by atoms with Crippen LogP contribution in [0.15, 0.2) is 6.07 Å². The fourth-order valence-corrected chi connectivity index (χ4v) is 2.66. The molecular formula is C15H26N4O2. The van der Waals surface area contributed by atoms with Crippen LogP contribution in [0.25, 0.3) is 0 Å². The maximum atomic E-state index is 5.52. The lowest BCUT2D eigenvalue weighted by Gasteiger charge is -2.20. The molecule has 2 rings (SSSR count). The maximum Gasteiger partial charge on any atom is 0.158 e. The van der Waals surface area contributed by atoms with Gasteiger partial charge in [-0.05, 0) is 33.1 Å². The van der Waals surface area contributed by atoms with Crippen LogP contribution < -0.4 is 10.6 Å². The van der Waals surface area contributed by atoms with E-state index in [9.17, 15) is 0 Å². The molecule has 21 heavy (non-hydrogen) atoms. The lowest BCUT2D eigenvalue weighted by molar-refractivity contribution is 0.101. The smallest absolute Gasteiger partial charge is 0.158 e. The van der Waals surface area contributed by atoms with Gasteiger partial charge >= 0.3 is 0 Å². The van der Waals surface area contributed by atoms with E-state index in [0.717, 1.165) is 31.0 Å². The number of anilines is 2. The number of nitrogens with zero attached hydrogens (tertiary/aromatic N) is 2. The van der Waals surface area contributed by atoms with Crippen molar-refractivity contribution in [1.82, 2.24) is 9.97 Å². The van der Waals surface area contributed by atoms with Gasteiger partial charge in [0.15, 0.2) is 5.82 Å². The quantitative estimate of drug-likeness (QED) is 0.767. The summed E-state index contributed by atoms with van der Waals surface area (Å²) < 4.78 is 10.9. The number of rotatable bonds is 8. The van der Waals surface area contributed by atoms with Crippen LogP contribution in [-0.2, 0) is 16.1 Å². The third-order valence-corrected chi connectivity index (χ3v) is 3.65. The van der Waals surface area contributed by atoms with Crippen LogP contribution >= 0.6 is 0 Å². The van der Waals surface area contributed by atoms with E-state index in [1.54, 1.807) is 7.11 Å². The van der Waals surface area contributed by atoms with E-state index in [4.69, 9.17) is 9.47 Å². The SMILES string of the molecule is CCNc1cc(NC2CCCC2OC)nc(COCC)n1. The summed E-state index contributed by atoms with van der Waals surface area (Å²) in [6.07, 6.45) is 3.66. The van der Waals surface area contributed by atoms with Gasteiger partial charge in [-0.2, -0.15) is 0 Å². The van der Waals surface area contributed by atoms with Gasteiger partial charge in [-0.1, -0.05) is 0 Å². The number of hydrogen-bond acceptors (Lipinski definition) is 6. The Morgan fingerprint density at radius 1 is 1.24 bits per heavy atom. The molecule has 1 heterocycles. The average molecular weight is 294 g/mol. The van der Waals surface area contributed by atoms with Gasteiger partial charge in [0.2, 0.25) is 0 Å². The zero-order valence-electron chi connectivity index (χ0n) is 13.2. The van der Waals surface area contributed by atoms with Crippen LogP contribution in [0.4, 0.5) is 11.6 Å². The highest BCUT2D eigenvalue weighted by molar-refractivity contribution is 5.48. The molecule has 0 saturated heterocycles. The molecular weight excluding hydrogens is 268 g/mol. The highest BCUT2D eigenvalue weighted by Crippen LogP contribution is 2.25. The topological polar surface area (TPSA) is 68.3 Å². The second-order valence-corrected chi connectivity index (χ2v) is 5.18. The highest BCUT2D eigenvalue weighted by Gasteiger charge is 2.27. The van der Waals surface area contributed by atoms with Crippen molar-refractivity contribution < 1.29 is 9.47 Å². The van der Waals surface area contributed by atoms with Gasteiger partial charge < -0.3 is 20.1 Å². The molecule has 1 aromatic rings. The van der Waals surface area contributed by atoms with Crippen molar-refractivity contribution in [3.8, 4) is 0 Å². The van der Waals surface area contributed by atoms with E-state index in [1.807, 2.05) is 13.0 Å². The Balaban J connectivity index is 2.10. The molecule has 118 valence electrons. The van der Waals surface area contributed by atoms with Crippen molar-refractivity contribution >= 4 is 11.6 Å². The first kappa shape index (κ1) is 16.0. The zero-order valence-corrected chi connectivity index (χ0v) is 13.2. The molecule has 1 aromatic heterocycles. The lowest BCUT2D eigenvalue weighted by atomic mass is 10.2. The molecule has 0 bridgehead atoms. The Morgan fingerprint density at radius 3 is 2.76 bits per heavy atom. The van der Waals surface area contributed by atoms with Gasteiger partial charge in [0.1, 0.15) is 18.2 Å². The Bertz CT molecular complexity index is 442. The Morgan fingerprint density at radius 2 is 2.05 bits per heavy atom. The number of nitrogens with one attached hydrogen (secondary N) is 2. The lowest BCUT2D eigenvalue weighted by Crippen LogP contribution is -2.30. The minimum absolute atomic E-state index is 0.262. The zero-order chi connectivity index (χ0) is 15.1. The molecule has 0 aliphatic heterocycles. The van der Waals surface area contributed by atoms with Gasteiger partial charge in [-0.15, -0.1) is 0 Å². The van der Waals surface area contributed by atoms with E-state index < -0.39 is 0 Å². The average Bonchev–Trinajstić information content (AvgIpc) is 2.92. The van der Waals surface area contributed by atoms with Crippen LogP contribution in [0.3, 0.4) is 0 Å². The molecule has 0 aromatic carbocycles. The molecule has 1 saturated carbocycles. The van der Waals surface area contributed by atoms with Gasteiger partial charge in [0, 0.05) is 26.3 Å². The molecule has 6 heteroatoms. The highest BCUT2D eigenvalue weighted by atomic mass is 16.5. The fourth-order valence-electron chi connectivity index (χ4n) is 2.66. The van der Waals surface area contributed by atoms with E-state index in [0.29, 0.717) is 25.1 Å². The summed E-state index contributed by atoms with van der Waals surface area (Å²) in [5, 5.41) is 6.72. The second kappa shape index (κ2) is 8.14. The number of methoxy groups -OCH3 is 1. The summed E-state index contributed by atoms with van der Waals surface area (Å²) >= 11 is 0. The van der Waals surface area contributed by atoms with E-state index in [-0.39, 0.29) is 6.10 Å². The summed E-state index contributed by atoms with van der Waals surface area (Å²) in [5.74, 6) is 2.37. The monoisotopic (exact) mass is 294 g/mol. The molecule has 2 N–H and O–H groups in total. The Hall–Kier alpha value is -1.40. The van der Waals surface area contributed by atoms with Crippen molar-refractivity contribution in [2.75, 3.05) is 30.9 Å². The molecule has 1 fully saturated rings. The van der Waals surface area contributed by atoms with Crippen LogP contribution in [0.5, 0.6) is 0 Å². The first-order valence-electron chi connectivity index (χ1n) is 7.75. The predicted octanol–water partition coefficient (Wildman–Crippen LogP) is 2.42. The molecule has 2 unspecified atom stereocenters. The van der Waals surface area contributed by atoms with Crippen LogP contribution in [0, 0.1) is 0 Å². The molecule has 1 aliphatic carbocycles. The summed E-state index contributed by atoms with van der Waals surface area (Å²) in [6, 6.07) is 2.27. The summed E-state index contributed by atoms with van der Waals surface area (Å²) in [6.45, 7) is 5.94. The van der Waals surface area contributed by atoms with Crippen LogP contribution in [0.1, 0.15) is 38.9 Å². The maximum absolute atomic E-state index is 5.52. The second-order valence-electron chi connectivity index (χ2n) is 5.18. The third kappa shape index (κ3) is 4.54. The van der Waals surface area contributed by atoms with Gasteiger partial charge in [0.05, 0.1) is 12.1 Å². The van der Waals surface area contributed by atoms with Crippen molar-refractivity contribution in [2.24, 2.45) is 0 Å². The first-order chi connectivity index (χ1) is 10.3. The van der Waals surface area contributed by atoms with E-state index in [1.165, 1.54) is 6.42 Å². The minimum atomic E-state index is 0.262. The normalized spacial score (nSPS) is 21.5. The van der Waals surface area contributed by atoms with Crippen molar-refractivity contribution in [3.05, 3.63) is 11.9 Å². The summed E-state index contributed by atoms with van der Waals surface area (Å²) in [5.41, 5.74) is 0. The molecule has 1 aliphatic rings. The molecule has 0 radical (unpaired) electrons. The molecule has 0 amide bonds. The fraction of sp³-hybridized carbons (Fsp3) is 0.733. The first-order valence-corrected chi connectivity index (χ1v) is 7.75. The number of ether oxygens (including phenoxy) is 2. The minimum Gasteiger partial charge on any atom is -0.379 e. The summed E-state index contributed by atoms with van der Waals surface area (Å²) in [7, 11) is 1.77. The Kier molecular flexibility index (Phi) is 6.20. The summed E-state index contributed by atoms with van der Waals surface area (Å²) in [4.78, 5) is 9.00. The Labute approximate surface area is 126 Å². The number of aromatic nitrogens is 2. The van der Waals surface area contributed by atoms with Crippen LogP contribution in [0.2, 0.25) is 0 Å². The largest absolute Gasteiger partial charge is 0.379 e. The van der Waals surface area contributed by atoms with Crippen LogP contribution in [-0.4, -0.2) is 42.4 Å². The standard InChI is InChI=1S/C15H26N4O2/c1-4-16-13-9-14(19-15(18-13)10-21-5-2)17-11-7-6-8-12(11)20-3/h9,11-12H,4-8,10H2,1-3H3,(H2,16,17,18,19).